The highest BCUT2D eigenvalue weighted by Crippen LogP contribution is 2.45. The van der Waals surface area contributed by atoms with Crippen LogP contribution in [-0.4, -0.2) is 61.2 Å². The van der Waals surface area contributed by atoms with Crippen LogP contribution in [0.4, 0.5) is 14.9 Å². The maximum absolute atomic E-state index is 13.4. The molecule has 1 aromatic heterocycles. The molecule has 0 radical (unpaired) electrons. The molecule has 3 aromatic rings. The van der Waals surface area contributed by atoms with Gasteiger partial charge >= 0.3 is 12.1 Å². The normalized spacial score (nSPS) is 17.5. The molecule has 2 aromatic carbocycles. The number of carboxylic acids is 1. The van der Waals surface area contributed by atoms with Crippen LogP contribution in [0.3, 0.4) is 0 Å². The topological polar surface area (TPSA) is 127 Å². The first-order chi connectivity index (χ1) is 17.5. The van der Waals surface area contributed by atoms with E-state index in [1.54, 1.807) is 63.4 Å². The first-order valence-electron chi connectivity index (χ1n) is 11.8. The molecule has 1 fully saturated rings. The van der Waals surface area contributed by atoms with Crippen molar-refractivity contribution in [3.05, 3.63) is 72.3 Å². The van der Waals surface area contributed by atoms with Gasteiger partial charge < -0.3 is 20.1 Å². The van der Waals surface area contributed by atoms with E-state index in [0.717, 1.165) is 5.56 Å². The number of aromatic nitrogens is 3. The molecular formula is C26H28FN5O5. The van der Waals surface area contributed by atoms with Crippen molar-refractivity contribution in [3.63, 3.8) is 0 Å². The summed E-state index contributed by atoms with van der Waals surface area (Å²) in [5.41, 5.74) is 1.10. The Morgan fingerprint density at radius 2 is 1.84 bits per heavy atom. The fourth-order valence-electron chi connectivity index (χ4n) is 4.00. The number of benzene rings is 2. The molecule has 1 aliphatic rings. The third-order valence-corrected chi connectivity index (χ3v) is 5.90. The molecule has 3 atom stereocenters. The van der Waals surface area contributed by atoms with E-state index in [1.807, 2.05) is 0 Å². The highest BCUT2D eigenvalue weighted by atomic mass is 19.1. The number of carboxylic acid groups (broad SMARTS) is 1. The van der Waals surface area contributed by atoms with E-state index >= 15 is 0 Å². The van der Waals surface area contributed by atoms with Crippen LogP contribution in [0.1, 0.15) is 38.7 Å². The Kier molecular flexibility index (Phi) is 7.23. The van der Waals surface area contributed by atoms with Crippen molar-refractivity contribution < 1.29 is 28.6 Å². The molecule has 11 heteroatoms. The second kappa shape index (κ2) is 10.4. The number of ether oxygens (including phenoxy) is 1. The standard InChI is InChI=1S/C26H28FN5O5/c1-26(2,3)37-25(36)31(22-14-20(22)16-4-6-17(27)7-5-16)15-21(24(34)35)23(33)29-18-8-10-19(11-9-18)32-13-12-28-30-32/h4-13,20-22H,14-15H2,1-3H3,(H,29,33)(H,34,35)/t20-,21?,22+/m0/s1. The van der Waals surface area contributed by atoms with Gasteiger partial charge in [0.1, 0.15) is 11.4 Å². The van der Waals surface area contributed by atoms with Crippen LogP contribution in [0.2, 0.25) is 0 Å². The van der Waals surface area contributed by atoms with E-state index in [0.29, 0.717) is 17.8 Å². The molecule has 0 aliphatic heterocycles. The van der Waals surface area contributed by atoms with Gasteiger partial charge in [-0.1, -0.05) is 17.3 Å². The number of anilines is 1. The second-order valence-corrected chi connectivity index (χ2v) is 9.87. The van der Waals surface area contributed by atoms with Crippen LogP contribution >= 0.6 is 0 Å². The zero-order valence-corrected chi connectivity index (χ0v) is 20.7. The minimum absolute atomic E-state index is 0.116. The van der Waals surface area contributed by atoms with E-state index in [4.69, 9.17) is 4.74 Å². The van der Waals surface area contributed by atoms with E-state index in [-0.39, 0.29) is 24.3 Å². The summed E-state index contributed by atoms with van der Waals surface area (Å²) in [6, 6.07) is 12.2. The third-order valence-electron chi connectivity index (χ3n) is 5.90. The van der Waals surface area contributed by atoms with Gasteiger partial charge in [0.05, 0.1) is 18.1 Å². The molecule has 37 heavy (non-hydrogen) atoms. The SMILES string of the molecule is CC(C)(C)OC(=O)N(CC(C(=O)O)C(=O)Nc1ccc(-n2ccnn2)cc1)[C@@H]1C[C@H]1c1ccc(F)cc1. The number of nitrogens with zero attached hydrogens (tertiary/aromatic N) is 4. The molecule has 1 saturated carbocycles. The summed E-state index contributed by atoms with van der Waals surface area (Å²) in [5, 5.41) is 20.1. The average Bonchev–Trinajstić information content (AvgIpc) is 3.40. The Hall–Kier alpha value is -4.28. The molecule has 1 aliphatic carbocycles. The molecule has 4 rings (SSSR count). The summed E-state index contributed by atoms with van der Waals surface area (Å²) in [4.78, 5) is 39.5. The van der Waals surface area contributed by atoms with Gasteiger partial charge in [0.15, 0.2) is 5.92 Å². The highest BCUT2D eigenvalue weighted by molar-refractivity contribution is 6.04. The van der Waals surface area contributed by atoms with Crippen molar-refractivity contribution in [2.75, 3.05) is 11.9 Å². The summed E-state index contributed by atoms with van der Waals surface area (Å²) in [6.07, 6.45) is 3.03. The summed E-state index contributed by atoms with van der Waals surface area (Å²) in [5.74, 6) is -4.17. The predicted octanol–water partition coefficient (Wildman–Crippen LogP) is 3.84. The lowest BCUT2D eigenvalue weighted by Gasteiger charge is -2.29. The van der Waals surface area contributed by atoms with Gasteiger partial charge in [-0.15, -0.1) is 5.10 Å². The molecule has 194 valence electrons. The number of halogens is 1. The number of aliphatic carboxylic acids is 1. The quantitative estimate of drug-likeness (QED) is 0.442. The Balaban J connectivity index is 1.50. The van der Waals surface area contributed by atoms with Crippen molar-refractivity contribution in [2.24, 2.45) is 5.92 Å². The van der Waals surface area contributed by atoms with Crippen LogP contribution in [0.25, 0.3) is 5.69 Å². The number of hydrogen-bond donors (Lipinski definition) is 2. The van der Waals surface area contributed by atoms with Crippen molar-refractivity contribution in [1.29, 1.82) is 0 Å². The van der Waals surface area contributed by atoms with Crippen molar-refractivity contribution in [3.8, 4) is 5.69 Å². The van der Waals surface area contributed by atoms with Crippen LogP contribution in [0.5, 0.6) is 0 Å². The first-order valence-corrected chi connectivity index (χ1v) is 11.8. The van der Waals surface area contributed by atoms with Crippen LogP contribution in [-0.2, 0) is 14.3 Å². The summed E-state index contributed by atoms with van der Waals surface area (Å²) in [7, 11) is 0. The van der Waals surface area contributed by atoms with Gasteiger partial charge in [0, 0.05) is 24.2 Å². The number of amides is 2. The summed E-state index contributed by atoms with van der Waals surface area (Å²) < 4.78 is 20.4. The number of hydrogen-bond acceptors (Lipinski definition) is 6. The highest BCUT2D eigenvalue weighted by Gasteiger charge is 2.48. The van der Waals surface area contributed by atoms with Crippen LogP contribution in [0, 0.1) is 11.7 Å². The largest absolute Gasteiger partial charge is 0.481 e. The number of nitrogens with one attached hydrogen (secondary N) is 1. The molecule has 0 bridgehead atoms. The molecule has 0 spiro atoms. The lowest BCUT2D eigenvalue weighted by Crippen LogP contribution is -2.46. The Morgan fingerprint density at radius 3 is 2.41 bits per heavy atom. The van der Waals surface area contributed by atoms with Gasteiger partial charge in [0.25, 0.3) is 0 Å². The predicted molar refractivity (Wildman–Crippen MR) is 132 cm³/mol. The Labute approximate surface area is 213 Å². The fourth-order valence-corrected chi connectivity index (χ4v) is 4.00. The molecule has 0 saturated heterocycles. The molecule has 2 amide bonds. The van der Waals surface area contributed by atoms with Gasteiger partial charge in [-0.2, -0.15) is 0 Å². The Morgan fingerprint density at radius 1 is 1.16 bits per heavy atom. The first kappa shape index (κ1) is 25.8. The minimum atomic E-state index is -1.54. The van der Waals surface area contributed by atoms with Crippen molar-refractivity contribution >= 4 is 23.7 Å². The monoisotopic (exact) mass is 509 g/mol. The molecule has 10 nitrogen and oxygen atoms in total. The number of rotatable bonds is 8. The summed E-state index contributed by atoms with van der Waals surface area (Å²) in [6.45, 7) is 4.74. The lowest BCUT2D eigenvalue weighted by molar-refractivity contribution is -0.146. The van der Waals surface area contributed by atoms with E-state index in [2.05, 4.69) is 15.6 Å². The third kappa shape index (κ3) is 6.49. The molecule has 1 unspecified atom stereocenters. The minimum Gasteiger partial charge on any atom is -0.481 e. The number of carbonyl (C=O) groups is 3. The zero-order chi connectivity index (χ0) is 26.7. The molecule has 2 N–H and O–H groups in total. The van der Waals surface area contributed by atoms with Crippen molar-refractivity contribution in [2.45, 2.75) is 44.8 Å². The molecular weight excluding hydrogens is 481 g/mol. The average molecular weight is 510 g/mol. The lowest BCUT2D eigenvalue weighted by atomic mass is 10.1. The van der Waals surface area contributed by atoms with Gasteiger partial charge in [-0.3, -0.25) is 9.59 Å². The Bertz CT molecular complexity index is 1260. The maximum atomic E-state index is 13.4. The van der Waals surface area contributed by atoms with Crippen LogP contribution < -0.4 is 5.32 Å². The zero-order valence-electron chi connectivity index (χ0n) is 20.7. The van der Waals surface area contributed by atoms with E-state index in [1.165, 1.54) is 27.9 Å². The van der Waals surface area contributed by atoms with Gasteiger partial charge in [0.2, 0.25) is 5.91 Å². The summed E-state index contributed by atoms with van der Waals surface area (Å²) >= 11 is 0. The van der Waals surface area contributed by atoms with Gasteiger partial charge in [-0.25, -0.2) is 13.9 Å². The smallest absolute Gasteiger partial charge is 0.410 e. The molecule has 1 heterocycles. The van der Waals surface area contributed by atoms with Gasteiger partial charge in [-0.05, 0) is 69.2 Å². The maximum Gasteiger partial charge on any atom is 0.410 e. The van der Waals surface area contributed by atoms with E-state index < -0.39 is 29.5 Å². The fraction of sp³-hybridized carbons (Fsp3) is 0.346. The van der Waals surface area contributed by atoms with Crippen molar-refractivity contribution in [1.82, 2.24) is 19.9 Å². The number of carbonyl (C=O) groups excluding carboxylic acids is 2. The van der Waals surface area contributed by atoms with Crippen LogP contribution in [0.15, 0.2) is 60.9 Å². The van der Waals surface area contributed by atoms with E-state index in [9.17, 15) is 23.9 Å². The second-order valence-electron chi connectivity index (χ2n) is 9.87.